The van der Waals surface area contributed by atoms with Gasteiger partial charge in [-0.3, -0.25) is 19.2 Å². The van der Waals surface area contributed by atoms with E-state index < -0.39 is 27.4 Å². The van der Waals surface area contributed by atoms with E-state index in [1.54, 1.807) is 24.3 Å². The van der Waals surface area contributed by atoms with Gasteiger partial charge >= 0.3 is 0 Å². The fourth-order valence-corrected chi connectivity index (χ4v) is 4.63. The number of amides is 1. The number of nitrogens with one attached hydrogen (secondary N) is 1. The highest BCUT2D eigenvalue weighted by Gasteiger charge is 2.27. The number of nitro groups is 1. The van der Waals surface area contributed by atoms with E-state index >= 15 is 0 Å². The molecule has 0 saturated heterocycles. The Kier molecular flexibility index (Phi) is 7.82. The molecule has 0 aliphatic rings. The molecule has 1 amide bonds. The number of nitrogens with zero attached hydrogens (tertiary/aromatic N) is 3. The number of halogens is 1. The van der Waals surface area contributed by atoms with Gasteiger partial charge in [-0.1, -0.05) is 41.9 Å². The highest BCUT2D eigenvalue weighted by atomic mass is 35.5. The maximum Gasteiger partial charge on any atom is 0.278 e. The van der Waals surface area contributed by atoms with E-state index in [4.69, 9.17) is 16.3 Å². The van der Waals surface area contributed by atoms with Gasteiger partial charge < -0.3 is 4.74 Å². The molecule has 0 aliphatic heterocycles. The zero-order valence-electron chi connectivity index (χ0n) is 17.8. The number of para-hydroxylation sites is 1. The van der Waals surface area contributed by atoms with Crippen molar-refractivity contribution in [3.63, 3.8) is 0 Å². The number of anilines is 1. The van der Waals surface area contributed by atoms with Gasteiger partial charge in [0.2, 0.25) is 0 Å². The van der Waals surface area contributed by atoms with Crippen molar-refractivity contribution >= 4 is 45.1 Å². The molecule has 0 aromatic heterocycles. The van der Waals surface area contributed by atoms with Crippen LogP contribution in [0.15, 0.2) is 82.8 Å². The van der Waals surface area contributed by atoms with E-state index in [0.717, 1.165) is 10.5 Å². The van der Waals surface area contributed by atoms with E-state index in [-0.39, 0.29) is 26.9 Å². The second-order valence-electron chi connectivity index (χ2n) is 6.75. The highest BCUT2D eigenvalue weighted by Crippen LogP contribution is 2.31. The topological polar surface area (TPSA) is 131 Å². The standard InChI is InChI=1S/C22H19ClN4O6S/c1-33-21-12-11-17(13-19(21)23)26(34(31,32)18-8-3-2-4-9-18)15-22(28)25-24-14-16-7-5-6-10-20(16)27(29)30/h2-14H,15H2,1H3,(H,25,28). The van der Waals surface area contributed by atoms with E-state index in [1.807, 2.05) is 0 Å². The van der Waals surface area contributed by atoms with E-state index in [9.17, 15) is 23.3 Å². The lowest BCUT2D eigenvalue weighted by Gasteiger charge is -2.24. The Morgan fingerprint density at radius 1 is 1.15 bits per heavy atom. The minimum atomic E-state index is -4.15. The van der Waals surface area contributed by atoms with Gasteiger partial charge in [-0.05, 0) is 36.4 Å². The van der Waals surface area contributed by atoms with Crippen LogP contribution >= 0.6 is 11.6 Å². The first-order valence-electron chi connectivity index (χ1n) is 9.70. The third kappa shape index (κ3) is 5.69. The van der Waals surface area contributed by atoms with Gasteiger partial charge in [-0.15, -0.1) is 0 Å². The normalized spacial score (nSPS) is 11.2. The molecule has 12 heteroatoms. The van der Waals surface area contributed by atoms with Crippen molar-refractivity contribution in [3.05, 3.63) is 93.5 Å². The summed E-state index contributed by atoms with van der Waals surface area (Å²) in [7, 11) is -2.73. The van der Waals surface area contributed by atoms with Crippen LogP contribution in [-0.2, 0) is 14.8 Å². The molecule has 0 unspecified atom stereocenters. The molecule has 0 spiro atoms. The molecule has 0 atom stereocenters. The van der Waals surface area contributed by atoms with Crippen LogP contribution in [0.25, 0.3) is 0 Å². The molecular weight excluding hydrogens is 484 g/mol. The summed E-state index contributed by atoms with van der Waals surface area (Å²) in [4.78, 5) is 23.1. The summed E-state index contributed by atoms with van der Waals surface area (Å²) < 4.78 is 32.6. The predicted molar refractivity (Wildman–Crippen MR) is 128 cm³/mol. The number of hydrogen-bond donors (Lipinski definition) is 1. The van der Waals surface area contributed by atoms with Crippen molar-refractivity contribution in [2.75, 3.05) is 18.0 Å². The number of carbonyl (C=O) groups is 1. The molecule has 34 heavy (non-hydrogen) atoms. The molecule has 10 nitrogen and oxygen atoms in total. The van der Waals surface area contributed by atoms with Crippen molar-refractivity contribution < 1.29 is 22.9 Å². The van der Waals surface area contributed by atoms with Crippen molar-refractivity contribution in [2.45, 2.75) is 4.90 Å². The molecule has 176 valence electrons. The number of hydrazone groups is 1. The maximum atomic E-state index is 13.3. The average Bonchev–Trinajstić information content (AvgIpc) is 2.83. The minimum absolute atomic E-state index is 0.0295. The maximum absolute atomic E-state index is 13.3. The van der Waals surface area contributed by atoms with Crippen LogP contribution in [0.4, 0.5) is 11.4 Å². The van der Waals surface area contributed by atoms with Gasteiger partial charge in [0.25, 0.3) is 21.6 Å². The van der Waals surface area contributed by atoms with Crippen LogP contribution in [0.5, 0.6) is 5.75 Å². The molecule has 0 saturated carbocycles. The monoisotopic (exact) mass is 502 g/mol. The van der Waals surface area contributed by atoms with Gasteiger partial charge in [-0.2, -0.15) is 5.10 Å². The molecule has 1 N–H and O–H groups in total. The minimum Gasteiger partial charge on any atom is -0.495 e. The Hall–Kier alpha value is -3.96. The van der Waals surface area contributed by atoms with Gasteiger partial charge in [0, 0.05) is 6.07 Å². The first-order valence-corrected chi connectivity index (χ1v) is 11.5. The van der Waals surface area contributed by atoms with Gasteiger partial charge in [0.15, 0.2) is 0 Å². The molecule has 3 aromatic carbocycles. The Morgan fingerprint density at radius 2 is 1.82 bits per heavy atom. The summed E-state index contributed by atoms with van der Waals surface area (Å²) in [6.45, 7) is -0.631. The van der Waals surface area contributed by atoms with Crippen molar-refractivity contribution in [1.29, 1.82) is 0 Å². The Balaban J connectivity index is 1.88. The summed E-state index contributed by atoms with van der Waals surface area (Å²) >= 11 is 6.17. The van der Waals surface area contributed by atoms with Crippen LogP contribution in [0.2, 0.25) is 5.02 Å². The number of carbonyl (C=O) groups excluding carboxylic acids is 1. The Morgan fingerprint density at radius 3 is 2.47 bits per heavy atom. The predicted octanol–water partition coefficient (Wildman–Crippen LogP) is 3.60. The summed E-state index contributed by atoms with van der Waals surface area (Å²) in [6.07, 6.45) is 1.11. The van der Waals surface area contributed by atoms with E-state index in [0.29, 0.717) is 5.75 Å². The number of rotatable bonds is 9. The second kappa shape index (κ2) is 10.8. The largest absolute Gasteiger partial charge is 0.495 e. The second-order valence-corrected chi connectivity index (χ2v) is 9.02. The Labute approximate surface area is 200 Å². The Bertz CT molecular complexity index is 1330. The molecule has 0 bridgehead atoms. The van der Waals surface area contributed by atoms with E-state index in [1.165, 1.54) is 55.6 Å². The lowest BCUT2D eigenvalue weighted by atomic mass is 10.2. The zero-order valence-corrected chi connectivity index (χ0v) is 19.4. The van der Waals surface area contributed by atoms with Gasteiger partial charge in [0.1, 0.15) is 12.3 Å². The van der Waals surface area contributed by atoms with Crippen molar-refractivity contribution in [1.82, 2.24) is 5.43 Å². The summed E-state index contributed by atoms with van der Waals surface area (Å²) in [5.41, 5.74) is 2.31. The SMILES string of the molecule is COc1ccc(N(CC(=O)NN=Cc2ccccc2[N+](=O)[O-])S(=O)(=O)c2ccccc2)cc1Cl. The summed E-state index contributed by atoms with van der Waals surface area (Å²) in [5, 5.41) is 15.0. The van der Waals surface area contributed by atoms with Crippen LogP contribution in [0.1, 0.15) is 5.56 Å². The molecular formula is C22H19ClN4O6S. The van der Waals surface area contributed by atoms with Crippen molar-refractivity contribution in [2.24, 2.45) is 5.10 Å². The quantitative estimate of drug-likeness (QED) is 0.270. The zero-order chi connectivity index (χ0) is 24.7. The smallest absolute Gasteiger partial charge is 0.278 e. The molecule has 0 fully saturated rings. The summed E-state index contributed by atoms with van der Waals surface area (Å²) in [5.74, 6) is -0.442. The molecule has 0 aliphatic carbocycles. The molecule has 3 aromatic rings. The van der Waals surface area contributed by atoms with Crippen LogP contribution in [0, 0.1) is 10.1 Å². The highest BCUT2D eigenvalue weighted by molar-refractivity contribution is 7.92. The third-order valence-electron chi connectivity index (χ3n) is 4.57. The van der Waals surface area contributed by atoms with Gasteiger partial charge in [-0.25, -0.2) is 13.8 Å². The fraction of sp³-hybridized carbons (Fsp3) is 0.0909. The fourth-order valence-electron chi connectivity index (χ4n) is 2.95. The molecule has 0 radical (unpaired) electrons. The van der Waals surface area contributed by atoms with Crippen LogP contribution < -0.4 is 14.5 Å². The number of methoxy groups -OCH3 is 1. The molecule has 0 heterocycles. The number of hydrogen-bond acceptors (Lipinski definition) is 7. The van der Waals surface area contributed by atoms with Gasteiger partial charge in [0.05, 0.1) is 39.4 Å². The first-order chi connectivity index (χ1) is 16.2. The third-order valence-corrected chi connectivity index (χ3v) is 6.65. The number of benzene rings is 3. The summed E-state index contributed by atoms with van der Waals surface area (Å²) in [6, 6.07) is 17.7. The van der Waals surface area contributed by atoms with E-state index in [2.05, 4.69) is 10.5 Å². The average molecular weight is 503 g/mol. The van der Waals surface area contributed by atoms with Crippen LogP contribution in [-0.4, -0.2) is 39.1 Å². The number of ether oxygens (including phenoxy) is 1. The lowest BCUT2D eigenvalue weighted by molar-refractivity contribution is -0.385. The number of sulfonamides is 1. The first kappa shape index (κ1) is 24.7. The lowest BCUT2D eigenvalue weighted by Crippen LogP contribution is -2.39. The van der Waals surface area contributed by atoms with Crippen LogP contribution in [0.3, 0.4) is 0 Å². The van der Waals surface area contributed by atoms with Crippen molar-refractivity contribution in [3.8, 4) is 5.75 Å². The molecule has 3 rings (SSSR count). The number of nitro benzene ring substituents is 1.